The van der Waals surface area contributed by atoms with Crippen molar-refractivity contribution in [2.75, 3.05) is 11.3 Å². The van der Waals surface area contributed by atoms with Gasteiger partial charge in [-0.1, -0.05) is 17.0 Å². The van der Waals surface area contributed by atoms with Crippen LogP contribution in [0.5, 0.6) is 0 Å². The van der Waals surface area contributed by atoms with Gasteiger partial charge in [0.15, 0.2) is 0 Å². The molecule has 21 heavy (non-hydrogen) atoms. The molecule has 0 bridgehead atoms. The summed E-state index contributed by atoms with van der Waals surface area (Å²) in [4.78, 5) is 3.81. The summed E-state index contributed by atoms with van der Waals surface area (Å²) >= 11 is 0. The van der Waals surface area contributed by atoms with E-state index in [0.29, 0.717) is 17.7 Å². The third-order valence-corrected chi connectivity index (χ3v) is 3.67. The zero-order chi connectivity index (χ0) is 15.3. The van der Waals surface area contributed by atoms with Crippen LogP contribution in [-0.4, -0.2) is 30.3 Å². The fourth-order valence-corrected chi connectivity index (χ4v) is 2.42. The molecule has 0 unspecified atom stereocenters. The average molecular weight is 307 g/mol. The van der Waals surface area contributed by atoms with Crippen LogP contribution in [0.2, 0.25) is 0 Å². The van der Waals surface area contributed by atoms with Gasteiger partial charge < -0.3 is 9.63 Å². The smallest absolute Gasteiger partial charge is 0.265 e. The van der Waals surface area contributed by atoms with Gasteiger partial charge in [-0.15, -0.1) is 0 Å². The molecule has 0 saturated heterocycles. The molecular formula is C13H13N3O4S. The molecule has 0 spiro atoms. The quantitative estimate of drug-likeness (QED) is 0.813. The van der Waals surface area contributed by atoms with E-state index in [1.165, 1.54) is 24.5 Å². The lowest BCUT2D eigenvalue weighted by Gasteiger charge is -2.04. The van der Waals surface area contributed by atoms with Crippen LogP contribution in [0.4, 0.5) is 5.88 Å². The molecule has 2 rings (SSSR count). The average Bonchev–Trinajstić information content (AvgIpc) is 2.84. The SMILES string of the molecule is Cc1cc(NS(=O)(=O)c2cncc(C#CCCO)c2)on1. The molecule has 2 aromatic rings. The molecule has 7 nitrogen and oxygen atoms in total. The van der Waals surface area contributed by atoms with Crippen LogP contribution in [0, 0.1) is 18.8 Å². The van der Waals surface area contributed by atoms with Crippen LogP contribution in [0.25, 0.3) is 0 Å². The van der Waals surface area contributed by atoms with E-state index in [-0.39, 0.29) is 17.4 Å². The van der Waals surface area contributed by atoms with E-state index in [0.717, 1.165) is 0 Å². The highest BCUT2D eigenvalue weighted by Crippen LogP contribution is 2.16. The molecule has 2 heterocycles. The van der Waals surface area contributed by atoms with Crippen LogP contribution in [0.15, 0.2) is 33.9 Å². The lowest BCUT2D eigenvalue weighted by atomic mass is 10.3. The summed E-state index contributed by atoms with van der Waals surface area (Å²) in [6.45, 7) is 1.63. The largest absolute Gasteiger partial charge is 0.395 e. The van der Waals surface area contributed by atoms with Crippen molar-refractivity contribution < 1.29 is 18.0 Å². The monoisotopic (exact) mass is 307 g/mol. The number of aromatic nitrogens is 2. The normalized spacial score (nSPS) is 10.8. The maximum Gasteiger partial charge on any atom is 0.265 e. The maximum atomic E-state index is 12.2. The van der Waals surface area contributed by atoms with Crippen molar-refractivity contribution in [3.63, 3.8) is 0 Å². The molecule has 0 aromatic carbocycles. The van der Waals surface area contributed by atoms with Crippen molar-refractivity contribution in [1.82, 2.24) is 10.1 Å². The summed E-state index contributed by atoms with van der Waals surface area (Å²) in [6.07, 6.45) is 2.97. The Morgan fingerprint density at radius 2 is 2.19 bits per heavy atom. The molecule has 110 valence electrons. The molecule has 0 radical (unpaired) electrons. The number of rotatable bonds is 4. The predicted molar refractivity (Wildman–Crippen MR) is 74.9 cm³/mol. The third kappa shape index (κ3) is 4.05. The van der Waals surface area contributed by atoms with E-state index in [1.54, 1.807) is 6.92 Å². The third-order valence-electron chi connectivity index (χ3n) is 2.36. The van der Waals surface area contributed by atoms with E-state index in [1.807, 2.05) is 0 Å². The van der Waals surface area contributed by atoms with Crippen molar-refractivity contribution >= 4 is 15.9 Å². The number of aryl methyl sites for hydroxylation is 1. The van der Waals surface area contributed by atoms with E-state index < -0.39 is 10.0 Å². The van der Waals surface area contributed by atoms with Gasteiger partial charge in [0.2, 0.25) is 5.88 Å². The first-order valence-electron chi connectivity index (χ1n) is 6.02. The minimum Gasteiger partial charge on any atom is -0.395 e. The fourth-order valence-electron chi connectivity index (χ4n) is 1.46. The van der Waals surface area contributed by atoms with Gasteiger partial charge in [0, 0.05) is 30.4 Å². The van der Waals surface area contributed by atoms with Gasteiger partial charge in [-0.25, -0.2) is 13.1 Å². The Morgan fingerprint density at radius 3 is 2.86 bits per heavy atom. The van der Waals surface area contributed by atoms with Crippen molar-refractivity contribution in [2.24, 2.45) is 0 Å². The molecule has 8 heteroatoms. The topological polar surface area (TPSA) is 105 Å². The van der Waals surface area contributed by atoms with E-state index in [4.69, 9.17) is 9.63 Å². The summed E-state index contributed by atoms with van der Waals surface area (Å²) in [5.74, 6) is 5.46. The number of hydrogen-bond acceptors (Lipinski definition) is 6. The lowest BCUT2D eigenvalue weighted by molar-refractivity contribution is 0.305. The molecule has 0 saturated carbocycles. The highest BCUT2D eigenvalue weighted by molar-refractivity contribution is 7.92. The van der Waals surface area contributed by atoms with E-state index in [2.05, 4.69) is 26.7 Å². The van der Waals surface area contributed by atoms with E-state index in [9.17, 15) is 8.42 Å². The van der Waals surface area contributed by atoms with E-state index >= 15 is 0 Å². The molecule has 2 N–H and O–H groups in total. The predicted octanol–water partition coefficient (Wildman–Crippen LogP) is 0.913. The zero-order valence-electron chi connectivity index (χ0n) is 11.2. The standard InChI is InChI=1S/C13H13N3O4S/c1-10-6-13(20-15-10)16-21(18,19)12-7-11(8-14-9-12)4-2-3-5-17/h6-9,16-17H,3,5H2,1H3. The van der Waals surface area contributed by atoms with Gasteiger partial charge in [0.1, 0.15) is 4.90 Å². The van der Waals surface area contributed by atoms with Gasteiger partial charge in [-0.2, -0.15) is 0 Å². The van der Waals surface area contributed by atoms with Gasteiger partial charge in [-0.05, 0) is 13.0 Å². The Bertz CT molecular complexity index is 787. The number of sulfonamides is 1. The number of pyridine rings is 1. The van der Waals surface area contributed by atoms with Gasteiger partial charge in [-0.3, -0.25) is 4.98 Å². The number of aliphatic hydroxyl groups excluding tert-OH is 1. The Labute approximate surface area is 122 Å². The molecule has 0 aliphatic carbocycles. The van der Waals surface area contributed by atoms with Gasteiger partial charge in [0.25, 0.3) is 10.0 Å². The minimum atomic E-state index is -3.82. The molecule has 0 aliphatic rings. The molecule has 0 fully saturated rings. The van der Waals surface area contributed by atoms with Crippen LogP contribution in [-0.2, 0) is 10.0 Å². The zero-order valence-corrected chi connectivity index (χ0v) is 12.0. The highest BCUT2D eigenvalue weighted by atomic mass is 32.2. The lowest BCUT2D eigenvalue weighted by Crippen LogP contribution is -2.13. The summed E-state index contributed by atoms with van der Waals surface area (Å²) in [7, 11) is -3.82. The summed E-state index contributed by atoms with van der Waals surface area (Å²) in [5, 5.41) is 12.3. The van der Waals surface area contributed by atoms with Crippen LogP contribution in [0.3, 0.4) is 0 Å². The minimum absolute atomic E-state index is 0.0317. The number of nitrogens with zero attached hydrogens (tertiary/aromatic N) is 2. The second-order valence-corrected chi connectivity index (χ2v) is 5.81. The Balaban J connectivity index is 2.24. The Kier molecular flexibility index (Phi) is 4.57. The second kappa shape index (κ2) is 6.39. The van der Waals surface area contributed by atoms with Gasteiger partial charge >= 0.3 is 0 Å². The van der Waals surface area contributed by atoms with Crippen LogP contribution < -0.4 is 4.72 Å². The molecular weight excluding hydrogens is 294 g/mol. The molecule has 2 aromatic heterocycles. The molecule has 0 amide bonds. The Morgan fingerprint density at radius 1 is 1.38 bits per heavy atom. The summed E-state index contributed by atoms with van der Waals surface area (Å²) in [6, 6.07) is 2.86. The summed E-state index contributed by atoms with van der Waals surface area (Å²) in [5.41, 5.74) is 1.01. The first kappa shape index (κ1) is 15.0. The highest BCUT2D eigenvalue weighted by Gasteiger charge is 2.17. The first-order chi connectivity index (χ1) is 10.0. The van der Waals surface area contributed by atoms with Crippen LogP contribution in [0.1, 0.15) is 17.7 Å². The maximum absolute atomic E-state index is 12.2. The number of nitrogens with one attached hydrogen (secondary N) is 1. The number of hydrogen-bond donors (Lipinski definition) is 2. The second-order valence-electron chi connectivity index (χ2n) is 4.12. The van der Waals surface area contributed by atoms with Crippen molar-refractivity contribution in [3.05, 3.63) is 35.8 Å². The van der Waals surface area contributed by atoms with Crippen molar-refractivity contribution in [1.29, 1.82) is 0 Å². The first-order valence-corrected chi connectivity index (χ1v) is 7.50. The van der Waals surface area contributed by atoms with Crippen molar-refractivity contribution in [3.8, 4) is 11.8 Å². The molecule has 0 atom stereocenters. The number of aliphatic hydroxyl groups is 1. The number of anilines is 1. The fraction of sp³-hybridized carbons (Fsp3) is 0.231. The Hall–Kier alpha value is -2.37. The molecule has 0 aliphatic heterocycles. The summed E-state index contributed by atoms with van der Waals surface area (Å²) < 4.78 is 31.4. The van der Waals surface area contributed by atoms with Crippen LogP contribution >= 0.6 is 0 Å². The van der Waals surface area contributed by atoms with Gasteiger partial charge in [0.05, 0.1) is 12.3 Å². The van der Waals surface area contributed by atoms with Crippen molar-refractivity contribution in [2.45, 2.75) is 18.2 Å².